The third-order valence-corrected chi connectivity index (χ3v) is 3.40. The number of nitrogens with two attached hydrogens (primary N) is 1. The third-order valence-electron chi connectivity index (χ3n) is 2.05. The van der Waals surface area contributed by atoms with Crippen molar-refractivity contribution in [1.29, 1.82) is 0 Å². The zero-order valence-electron chi connectivity index (χ0n) is 8.13. The van der Waals surface area contributed by atoms with Crippen molar-refractivity contribution in [3.63, 3.8) is 0 Å². The predicted molar refractivity (Wildman–Crippen MR) is 61.2 cm³/mol. The minimum atomic E-state index is -0.397. The Kier molecular flexibility index (Phi) is 4.58. The summed E-state index contributed by atoms with van der Waals surface area (Å²) in [4.78, 5) is 12.3. The molecule has 0 fully saturated rings. The van der Waals surface area contributed by atoms with E-state index in [1.54, 1.807) is 6.07 Å². The minimum Gasteiger partial charge on any atom is -0.321 e. The molecule has 0 aliphatic carbocycles. The van der Waals surface area contributed by atoms with Crippen molar-refractivity contribution >= 4 is 28.7 Å². The van der Waals surface area contributed by atoms with Crippen molar-refractivity contribution in [3.8, 4) is 0 Å². The maximum Gasteiger partial charge on any atom is 0.190 e. The van der Waals surface area contributed by atoms with Gasteiger partial charge in [-0.2, -0.15) is 0 Å². The monoisotopic (exact) mass is 231 g/mol. The fourth-order valence-corrected chi connectivity index (χ4v) is 2.35. The van der Waals surface area contributed by atoms with Gasteiger partial charge in [-0.1, -0.05) is 31.4 Å². The zero-order chi connectivity index (χ0) is 10.6. The van der Waals surface area contributed by atoms with Gasteiger partial charge < -0.3 is 5.73 Å². The lowest BCUT2D eigenvalue weighted by Crippen LogP contribution is -2.29. The SMILES string of the molecule is CCCCC(N)C(=O)c1sccc1Cl. The lowest BCUT2D eigenvalue weighted by Gasteiger charge is -2.08. The van der Waals surface area contributed by atoms with Crippen LogP contribution in [0.5, 0.6) is 0 Å². The first-order valence-corrected chi connectivity index (χ1v) is 5.95. The molecule has 1 heterocycles. The molecule has 0 bridgehead atoms. The first kappa shape index (κ1) is 11.7. The molecule has 4 heteroatoms. The fraction of sp³-hybridized carbons (Fsp3) is 0.500. The first-order valence-electron chi connectivity index (χ1n) is 4.69. The van der Waals surface area contributed by atoms with E-state index in [1.807, 2.05) is 5.38 Å². The molecule has 1 unspecified atom stereocenters. The molecule has 1 aromatic rings. The number of ketones is 1. The van der Waals surface area contributed by atoms with E-state index in [4.69, 9.17) is 17.3 Å². The van der Waals surface area contributed by atoms with Crippen LogP contribution in [0.4, 0.5) is 0 Å². The van der Waals surface area contributed by atoms with Crippen LogP contribution in [0.3, 0.4) is 0 Å². The van der Waals surface area contributed by atoms with Gasteiger partial charge in [-0.3, -0.25) is 4.79 Å². The quantitative estimate of drug-likeness (QED) is 0.792. The maximum atomic E-state index is 11.7. The number of hydrogen-bond acceptors (Lipinski definition) is 3. The normalized spacial score (nSPS) is 12.8. The standard InChI is InChI=1S/C10H14ClNOS/c1-2-3-4-8(12)9(13)10-7(11)5-6-14-10/h5-6,8H,2-4,12H2,1H3. The number of hydrogen-bond donors (Lipinski definition) is 1. The van der Waals surface area contributed by atoms with Crippen LogP contribution in [-0.4, -0.2) is 11.8 Å². The van der Waals surface area contributed by atoms with Crippen LogP contribution in [0, 0.1) is 0 Å². The maximum absolute atomic E-state index is 11.7. The number of Topliss-reactive ketones (excluding diaryl/α,β-unsaturated/α-hetero) is 1. The summed E-state index contributed by atoms with van der Waals surface area (Å²) in [7, 11) is 0. The molecule has 0 saturated carbocycles. The molecule has 0 spiro atoms. The Hall–Kier alpha value is -0.380. The van der Waals surface area contributed by atoms with E-state index in [-0.39, 0.29) is 5.78 Å². The lowest BCUT2D eigenvalue weighted by atomic mass is 10.1. The highest BCUT2D eigenvalue weighted by atomic mass is 35.5. The molecular weight excluding hydrogens is 218 g/mol. The first-order chi connectivity index (χ1) is 6.66. The number of carbonyl (C=O) groups is 1. The second-order valence-electron chi connectivity index (χ2n) is 3.21. The van der Waals surface area contributed by atoms with Crippen LogP contribution in [-0.2, 0) is 0 Å². The van der Waals surface area contributed by atoms with Crippen molar-refractivity contribution in [1.82, 2.24) is 0 Å². The molecule has 2 nitrogen and oxygen atoms in total. The Morgan fingerprint density at radius 3 is 2.93 bits per heavy atom. The topological polar surface area (TPSA) is 43.1 Å². The molecule has 1 rings (SSSR count). The third kappa shape index (κ3) is 2.80. The van der Waals surface area contributed by atoms with E-state index >= 15 is 0 Å². The van der Waals surface area contributed by atoms with Crippen molar-refractivity contribution < 1.29 is 4.79 Å². The number of thiophene rings is 1. The molecular formula is C10H14ClNOS. The highest BCUT2D eigenvalue weighted by molar-refractivity contribution is 7.12. The highest BCUT2D eigenvalue weighted by Crippen LogP contribution is 2.23. The zero-order valence-corrected chi connectivity index (χ0v) is 9.70. The molecule has 1 atom stereocenters. The Bertz CT molecular complexity index is 311. The van der Waals surface area contributed by atoms with Gasteiger partial charge in [0.25, 0.3) is 0 Å². The van der Waals surface area contributed by atoms with Gasteiger partial charge in [0.15, 0.2) is 5.78 Å². The molecule has 78 valence electrons. The second kappa shape index (κ2) is 5.49. The van der Waals surface area contributed by atoms with Crippen LogP contribution in [0.1, 0.15) is 35.9 Å². The van der Waals surface area contributed by atoms with Gasteiger partial charge in [-0.25, -0.2) is 0 Å². The van der Waals surface area contributed by atoms with Crippen molar-refractivity contribution in [2.45, 2.75) is 32.2 Å². The number of carbonyl (C=O) groups excluding carboxylic acids is 1. The Balaban J connectivity index is 2.61. The van der Waals surface area contributed by atoms with E-state index in [0.717, 1.165) is 19.3 Å². The molecule has 0 radical (unpaired) electrons. The average Bonchev–Trinajstić information content (AvgIpc) is 2.59. The summed E-state index contributed by atoms with van der Waals surface area (Å²) in [6.07, 6.45) is 2.78. The molecule has 1 aromatic heterocycles. The van der Waals surface area contributed by atoms with Gasteiger partial charge in [0.2, 0.25) is 0 Å². The molecule has 0 saturated heterocycles. The Labute approximate surface area is 93.1 Å². The summed E-state index contributed by atoms with van der Waals surface area (Å²) in [5.74, 6) is -0.0292. The minimum absolute atomic E-state index is 0.0292. The number of rotatable bonds is 5. The second-order valence-corrected chi connectivity index (χ2v) is 4.53. The Morgan fingerprint density at radius 1 is 1.71 bits per heavy atom. The number of unbranched alkanes of at least 4 members (excludes halogenated alkanes) is 1. The average molecular weight is 232 g/mol. The number of halogens is 1. The highest BCUT2D eigenvalue weighted by Gasteiger charge is 2.18. The predicted octanol–water partition coefficient (Wildman–Crippen LogP) is 3.10. The summed E-state index contributed by atoms with van der Waals surface area (Å²) < 4.78 is 0. The van der Waals surface area contributed by atoms with Crippen molar-refractivity contribution in [3.05, 3.63) is 21.3 Å². The van der Waals surface area contributed by atoms with Crippen LogP contribution in [0.2, 0.25) is 5.02 Å². The summed E-state index contributed by atoms with van der Waals surface area (Å²) in [6.45, 7) is 2.08. The molecule has 0 amide bonds. The van der Waals surface area contributed by atoms with Crippen molar-refractivity contribution in [2.75, 3.05) is 0 Å². The molecule has 2 N–H and O–H groups in total. The molecule has 0 aliphatic rings. The van der Waals surface area contributed by atoms with Gasteiger partial charge in [-0.15, -0.1) is 11.3 Å². The van der Waals surface area contributed by atoms with Gasteiger partial charge in [0.05, 0.1) is 15.9 Å². The molecule has 14 heavy (non-hydrogen) atoms. The van der Waals surface area contributed by atoms with Crippen LogP contribution in [0.15, 0.2) is 11.4 Å². The largest absolute Gasteiger partial charge is 0.321 e. The smallest absolute Gasteiger partial charge is 0.190 e. The Morgan fingerprint density at radius 2 is 2.43 bits per heavy atom. The van der Waals surface area contributed by atoms with E-state index in [9.17, 15) is 4.79 Å². The summed E-state index contributed by atoms with van der Waals surface area (Å²) in [5, 5.41) is 2.33. The van der Waals surface area contributed by atoms with Gasteiger partial charge in [0.1, 0.15) is 0 Å². The van der Waals surface area contributed by atoms with E-state index in [0.29, 0.717) is 9.90 Å². The van der Waals surface area contributed by atoms with Crippen molar-refractivity contribution in [2.24, 2.45) is 5.73 Å². The summed E-state index contributed by atoms with van der Waals surface area (Å²) in [5.41, 5.74) is 5.76. The lowest BCUT2D eigenvalue weighted by molar-refractivity contribution is 0.0960. The summed E-state index contributed by atoms with van der Waals surface area (Å²) in [6, 6.07) is 1.33. The van der Waals surface area contributed by atoms with Crippen LogP contribution < -0.4 is 5.73 Å². The fourth-order valence-electron chi connectivity index (χ4n) is 1.19. The summed E-state index contributed by atoms with van der Waals surface area (Å²) >= 11 is 7.20. The van der Waals surface area contributed by atoms with Gasteiger partial charge in [-0.05, 0) is 17.9 Å². The van der Waals surface area contributed by atoms with Crippen LogP contribution in [0.25, 0.3) is 0 Å². The molecule has 0 aromatic carbocycles. The van der Waals surface area contributed by atoms with Crippen LogP contribution >= 0.6 is 22.9 Å². The molecule has 0 aliphatic heterocycles. The van der Waals surface area contributed by atoms with Gasteiger partial charge >= 0.3 is 0 Å². The van der Waals surface area contributed by atoms with E-state index < -0.39 is 6.04 Å². The van der Waals surface area contributed by atoms with Gasteiger partial charge in [0, 0.05) is 0 Å². The van der Waals surface area contributed by atoms with E-state index in [1.165, 1.54) is 11.3 Å². The van der Waals surface area contributed by atoms with E-state index in [2.05, 4.69) is 6.92 Å².